The molecule has 4 atom stereocenters. The quantitative estimate of drug-likeness (QED) is 0.756. The average Bonchev–Trinajstić information content (AvgIpc) is 2.99. The molecule has 23 heavy (non-hydrogen) atoms. The van der Waals surface area contributed by atoms with E-state index in [1.807, 2.05) is 6.07 Å². The highest BCUT2D eigenvalue weighted by atomic mass is 35.5. The maximum absolute atomic E-state index is 10.2. The number of nitriles is 1. The number of aromatic nitrogens is 2. The summed E-state index contributed by atoms with van der Waals surface area (Å²) in [5, 5.41) is 39.0. The van der Waals surface area contributed by atoms with Gasteiger partial charge in [-0.1, -0.05) is 23.2 Å². The van der Waals surface area contributed by atoms with Gasteiger partial charge in [-0.2, -0.15) is 5.26 Å². The Kier molecular flexibility index (Phi) is 4.47. The fraction of sp³-hybridized carbons (Fsp3) is 0.429. The Bertz CT molecular complexity index is 788. The number of ether oxygens (including phenoxy) is 1. The molecule has 0 spiro atoms. The van der Waals surface area contributed by atoms with Crippen molar-refractivity contribution < 1.29 is 20.1 Å². The Morgan fingerprint density at radius 2 is 1.96 bits per heavy atom. The van der Waals surface area contributed by atoms with Gasteiger partial charge in [-0.25, -0.2) is 4.98 Å². The summed E-state index contributed by atoms with van der Waals surface area (Å²) in [6, 6.07) is 5.10. The van der Waals surface area contributed by atoms with E-state index < -0.39 is 31.1 Å². The lowest BCUT2D eigenvalue weighted by Gasteiger charge is -2.19. The Morgan fingerprint density at radius 1 is 1.26 bits per heavy atom. The van der Waals surface area contributed by atoms with E-state index in [-0.39, 0.29) is 11.4 Å². The van der Waals surface area contributed by atoms with Crippen molar-refractivity contribution >= 4 is 34.2 Å². The normalized spacial score (nSPS) is 27.5. The van der Waals surface area contributed by atoms with Crippen LogP contribution in [0.3, 0.4) is 0 Å². The topological polar surface area (TPSA) is 112 Å². The zero-order chi connectivity index (χ0) is 16.7. The summed E-state index contributed by atoms with van der Waals surface area (Å²) in [5.41, 5.74) is 1.00. The van der Waals surface area contributed by atoms with Gasteiger partial charge in [0.25, 0.3) is 0 Å². The highest BCUT2D eigenvalue weighted by molar-refractivity contribution is 6.42. The van der Waals surface area contributed by atoms with Crippen molar-refractivity contribution in [2.24, 2.45) is 0 Å². The van der Waals surface area contributed by atoms with Gasteiger partial charge in [0, 0.05) is 0 Å². The molecule has 1 saturated heterocycles. The smallest absolute Gasteiger partial charge is 0.164 e. The zero-order valence-corrected chi connectivity index (χ0v) is 13.2. The second kappa shape index (κ2) is 6.24. The van der Waals surface area contributed by atoms with Crippen LogP contribution in [0.25, 0.3) is 11.0 Å². The fourth-order valence-corrected chi connectivity index (χ4v) is 3.03. The second-order valence-corrected chi connectivity index (χ2v) is 6.03. The Hall–Kier alpha value is -1.40. The van der Waals surface area contributed by atoms with Crippen molar-refractivity contribution in [3.63, 3.8) is 0 Å². The lowest BCUT2D eigenvalue weighted by molar-refractivity contribution is -0.0518. The average molecular weight is 358 g/mol. The molecule has 0 radical (unpaired) electrons. The molecule has 7 nitrogen and oxygen atoms in total. The van der Waals surface area contributed by atoms with E-state index >= 15 is 0 Å². The van der Waals surface area contributed by atoms with Crippen LogP contribution in [0.5, 0.6) is 0 Å². The molecule has 3 N–H and O–H groups in total. The van der Waals surface area contributed by atoms with Gasteiger partial charge in [0.15, 0.2) is 6.23 Å². The van der Waals surface area contributed by atoms with Gasteiger partial charge in [-0.3, -0.25) is 4.57 Å². The van der Waals surface area contributed by atoms with Crippen LogP contribution in [0.1, 0.15) is 12.1 Å². The van der Waals surface area contributed by atoms with E-state index in [1.165, 1.54) is 4.57 Å². The van der Waals surface area contributed by atoms with Crippen molar-refractivity contribution in [3.05, 3.63) is 28.0 Å². The van der Waals surface area contributed by atoms with E-state index in [4.69, 9.17) is 33.2 Å². The van der Waals surface area contributed by atoms with E-state index in [0.29, 0.717) is 21.9 Å². The molecule has 2 heterocycles. The third kappa shape index (κ3) is 2.68. The van der Waals surface area contributed by atoms with E-state index in [1.54, 1.807) is 12.1 Å². The minimum absolute atomic E-state index is 0.0314. The lowest BCUT2D eigenvalue weighted by atomic mass is 10.1. The molecule has 9 heteroatoms. The number of hydrogen-bond acceptors (Lipinski definition) is 6. The number of aliphatic hydroxyl groups is 3. The molecule has 122 valence electrons. The number of hydrogen-bond donors (Lipinski definition) is 3. The highest BCUT2D eigenvalue weighted by Gasteiger charge is 2.44. The van der Waals surface area contributed by atoms with Crippen molar-refractivity contribution in [3.8, 4) is 6.07 Å². The summed E-state index contributed by atoms with van der Waals surface area (Å²) in [6.07, 6.45) is -4.48. The van der Waals surface area contributed by atoms with E-state index in [9.17, 15) is 15.3 Å². The van der Waals surface area contributed by atoms with Gasteiger partial charge in [-0.15, -0.1) is 0 Å². The third-order valence-corrected chi connectivity index (χ3v) is 4.54. The van der Waals surface area contributed by atoms with Crippen LogP contribution in [0, 0.1) is 11.3 Å². The summed E-state index contributed by atoms with van der Waals surface area (Å²) in [6.45, 7) is -0.443. The van der Waals surface area contributed by atoms with Gasteiger partial charge in [0.2, 0.25) is 0 Å². The van der Waals surface area contributed by atoms with Crippen LogP contribution in [0.15, 0.2) is 12.1 Å². The molecule has 1 aromatic carbocycles. The molecular weight excluding hydrogens is 345 g/mol. The predicted molar refractivity (Wildman–Crippen MR) is 82.1 cm³/mol. The number of fused-ring (bicyclic) bond motifs is 1. The largest absolute Gasteiger partial charge is 0.394 e. The molecule has 1 fully saturated rings. The minimum atomic E-state index is -1.28. The van der Waals surface area contributed by atoms with Crippen LogP contribution in [-0.2, 0) is 11.2 Å². The molecule has 0 amide bonds. The molecular formula is C14H13Cl2N3O4. The molecule has 0 aliphatic carbocycles. The second-order valence-electron chi connectivity index (χ2n) is 5.22. The number of benzene rings is 1. The molecule has 1 aromatic heterocycles. The Labute approximate surface area is 141 Å². The zero-order valence-electron chi connectivity index (χ0n) is 11.7. The Balaban J connectivity index is 2.17. The van der Waals surface area contributed by atoms with Crippen molar-refractivity contribution in [1.29, 1.82) is 5.26 Å². The molecule has 0 bridgehead atoms. The van der Waals surface area contributed by atoms with Gasteiger partial charge in [0.05, 0.1) is 40.2 Å². The first-order valence-corrected chi connectivity index (χ1v) is 7.58. The SMILES string of the molecule is N#CCc1nc2cc(Cl)c(Cl)cc2n1[C@@H]1O[C@H](CO)[C@@H](O)[C@H]1O. The standard InChI is InChI=1S/C14H13Cl2N3O4/c15-6-3-8-9(4-7(6)16)19(11(18-8)1-2-17)14-13(22)12(21)10(5-20)23-14/h3-4,10,12-14,20-22H,1,5H2/t10-,12-,13-,14-/m1/s1. The van der Waals surface area contributed by atoms with Crippen LogP contribution < -0.4 is 0 Å². The summed E-state index contributed by atoms with van der Waals surface area (Å²) in [4.78, 5) is 4.32. The molecule has 0 unspecified atom stereocenters. The van der Waals surface area contributed by atoms with Gasteiger partial charge in [-0.05, 0) is 12.1 Å². The Morgan fingerprint density at radius 3 is 2.57 bits per heavy atom. The van der Waals surface area contributed by atoms with Crippen LogP contribution in [-0.4, -0.2) is 49.8 Å². The monoisotopic (exact) mass is 357 g/mol. The van der Waals surface area contributed by atoms with Gasteiger partial charge < -0.3 is 20.1 Å². The molecule has 3 rings (SSSR count). The number of rotatable bonds is 3. The van der Waals surface area contributed by atoms with Crippen LogP contribution in [0.2, 0.25) is 10.0 Å². The summed E-state index contributed by atoms with van der Waals surface area (Å²) in [5.74, 6) is 0.343. The maximum Gasteiger partial charge on any atom is 0.164 e. The lowest BCUT2D eigenvalue weighted by Crippen LogP contribution is -2.33. The molecule has 2 aromatic rings. The van der Waals surface area contributed by atoms with Crippen molar-refractivity contribution in [2.45, 2.75) is 31.0 Å². The minimum Gasteiger partial charge on any atom is -0.394 e. The van der Waals surface area contributed by atoms with Crippen molar-refractivity contribution in [2.75, 3.05) is 6.61 Å². The predicted octanol–water partition coefficient (Wildman–Crippen LogP) is 1.02. The van der Waals surface area contributed by atoms with Gasteiger partial charge in [0.1, 0.15) is 24.1 Å². The maximum atomic E-state index is 10.2. The number of aliphatic hydroxyl groups excluding tert-OH is 3. The fourth-order valence-electron chi connectivity index (χ4n) is 2.71. The summed E-state index contributed by atoms with van der Waals surface area (Å²) in [7, 11) is 0. The highest BCUT2D eigenvalue weighted by Crippen LogP contribution is 2.35. The first-order chi connectivity index (χ1) is 11.0. The van der Waals surface area contributed by atoms with Crippen LogP contribution in [0.4, 0.5) is 0 Å². The summed E-state index contributed by atoms with van der Waals surface area (Å²) >= 11 is 12.0. The summed E-state index contributed by atoms with van der Waals surface area (Å²) < 4.78 is 7.04. The van der Waals surface area contributed by atoms with Crippen molar-refractivity contribution in [1.82, 2.24) is 9.55 Å². The number of halogens is 2. The first kappa shape index (κ1) is 16.5. The number of imidazole rings is 1. The first-order valence-electron chi connectivity index (χ1n) is 6.83. The van der Waals surface area contributed by atoms with Gasteiger partial charge >= 0.3 is 0 Å². The van der Waals surface area contributed by atoms with E-state index in [2.05, 4.69) is 4.98 Å². The van der Waals surface area contributed by atoms with E-state index in [0.717, 1.165) is 0 Å². The number of nitrogens with zero attached hydrogens (tertiary/aromatic N) is 3. The molecule has 1 aliphatic rings. The third-order valence-electron chi connectivity index (χ3n) is 3.81. The molecule has 1 aliphatic heterocycles. The van der Waals surface area contributed by atoms with Crippen LogP contribution >= 0.6 is 23.2 Å². The molecule has 0 saturated carbocycles.